The number of carbonyl (C=O) groups is 2. The standard InChI is InChI=1S/C29H32N6O4/c30-26(31)20-4-3-18-2-1-17(13-21(18)15-20)14-25(28(37)38)35-12-7-19-16-23(5-6-24(19)27(35)36)39-22-8-10-34(11-9-22)29(32)33/h1-6,13,15-16,22,25H,7-12,14H2,(H3,30,31)(H3,32,33)(H,37,38). The lowest BCUT2D eigenvalue weighted by Crippen LogP contribution is -2.49. The molecule has 39 heavy (non-hydrogen) atoms. The van der Waals surface area contributed by atoms with Gasteiger partial charge in [0.25, 0.3) is 5.91 Å². The van der Waals surface area contributed by atoms with Crippen LogP contribution in [0.2, 0.25) is 0 Å². The van der Waals surface area contributed by atoms with Gasteiger partial charge in [0.1, 0.15) is 23.7 Å². The minimum absolute atomic E-state index is 0.0133. The predicted octanol–water partition coefficient (Wildman–Crippen LogP) is 2.55. The predicted molar refractivity (Wildman–Crippen MR) is 148 cm³/mol. The molecule has 10 heteroatoms. The monoisotopic (exact) mass is 528 g/mol. The Morgan fingerprint density at radius 2 is 1.74 bits per heavy atom. The first-order chi connectivity index (χ1) is 18.7. The van der Waals surface area contributed by atoms with Crippen molar-refractivity contribution in [3.8, 4) is 5.75 Å². The smallest absolute Gasteiger partial charge is 0.326 e. The van der Waals surface area contributed by atoms with Crippen LogP contribution in [0.4, 0.5) is 0 Å². The first-order valence-electron chi connectivity index (χ1n) is 13.0. The molecule has 10 nitrogen and oxygen atoms in total. The Bertz CT molecular complexity index is 1460. The van der Waals surface area contributed by atoms with Crippen LogP contribution < -0.4 is 16.2 Å². The number of guanidine groups is 1. The summed E-state index contributed by atoms with van der Waals surface area (Å²) in [5.41, 5.74) is 13.9. The summed E-state index contributed by atoms with van der Waals surface area (Å²) in [6.45, 7) is 1.64. The first-order valence-corrected chi connectivity index (χ1v) is 13.0. The number of benzene rings is 3. The molecule has 7 N–H and O–H groups in total. The third-order valence-electron chi connectivity index (χ3n) is 7.58. The summed E-state index contributed by atoms with van der Waals surface area (Å²) >= 11 is 0. The van der Waals surface area contributed by atoms with Crippen molar-refractivity contribution >= 4 is 34.4 Å². The highest BCUT2D eigenvalue weighted by atomic mass is 16.5. The van der Waals surface area contributed by atoms with Gasteiger partial charge in [-0.2, -0.15) is 0 Å². The van der Waals surface area contributed by atoms with E-state index in [9.17, 15) is 14.7 Å². The van der Waals surface area contributed by atoms with E-state index >= 15 is 0 Å². The summed E-state index contributed by atoms with van der Waals surface area (Å²) in [4.78, 5) is 29.0. The molecule has 0 spiro atoms. The number of carbonyl (C=O) groups excluding carboxylic acids is 1. The number of nitrogens with two attached hydrogens (primary N) is 2. The summed E-state index contributed by atoms with van der Waals surface area (Å²) in [6.07, 6.45) is 2.23. The summed E-state index contributed by atoms with van der Waals surface area (Å²) < 4.78 is 6.16. The Morgan fingerprint density at radius 1 is 1.00 bits per heavy atom. The average Bonchev–Trinajstić information content (AvgIpc) is 2.92. The van der Waals surface area contributed by atoms with E-state index in [4.69, 9.17) is 27.0 Å². The van der Waals surface area contributed by atoms with Gasteiger partial charge in [0.2, 0.25) is 0 Å². The fourth-order valence-corrected chi connectivity index (χ4v) is 5.41. The number of nitrogens with one attached hydrogen (secondary N) is 2. The molecule has 3 aromatic rings. The molecular formula is C29H32N6O4. The van der Waals surface area contributed by atoms with Gasteiger partial charge < -0.3 is 31.1 Å². The number of fused-ring (bicyclic) bond motifs is 2. The second kappa shape index (κ2) is 10.6. The molecule has 0 saturated carbocycles. The number of hydrogen-bond acceptors (Lipinski definition) is 5. The molecule has 0 radical (unpaired) electrons. The van der Waals surface area contributed by atoms with E-state index in [0.717, 1.165) is 34.7 Å². The third-order valence-corrected chi connectivity index (χ3v) is 7.58. The number of rotatable bonds is 7. The maximum Gasteiger partial charge on any atom is 0.326 e. The van der Waals surface area contributed by atoms with Crippen LogP contribution in [0.25, 0.3) is 10.8 Å². The number of amidine groups is 1. The van der Waals surface area contributed by atoms with E-state index in [2.05, 4.69) is 0 Å². The van der Waals surface area contributed by atoms with Crippen molar-refractivity contribution in [3.05, 3.63) is 76.9 Å². The van der Waals surface area contributed by atoms with E-state index in [0.29, 0.717) is 42.9 Å². The Labute approximate surface area is 226 Å². The summed E-state index contributed by atoms with van der Waals surface area (Å²) in [5.74, 6) is -0.624. The molecule has 3 aromatic carbocycles. The first kappa shape index (κ1) is 26.0. The minimum atomic E-state index is -1.05. The molecule has 2 aliphatic heterocycles. The number of amides is 1. The zero-order valence-corrected chi connectivity index (χ0v) is 21.5. The average molecular weight is 529 g/mol. The van der Waals surface area contributed by atoms with Gasteiger partial charge in [-0.1, -0.05) is 30.3 Å². The highest BCUT2D eigenvalue weighted by molar-refractivity contribution is 6.00. The van der Waals surface area contributed by atoms with Crippen LogP contribution in [0.3, 0.4) is 0 Å². The molecule has 1 atom stereocenters. The van der Waals surface area contributed by atoms with Gasteiger partial charge in [0, 0.05) is 50.0 Å². The number of ether oxygens (including phenoxy) is 1. The lowest BCUT2D eigenvalue weighted by molar-refractivity contribution is -0.142. The van der Waals surface area contributed by atoms with Crippen molar-refractivity contribution in [2.24, 2.45) is 11.5 Å². The van der Waals surface area contributed by atoms with Crippen molar-refractivity contribution in [3.63, 3.8) is 0 Å². The second-order valence-corrected chi connectivity index (χ2v) is 10.1. The third kappa shape index (κ3) is 5.50. The summed E-state index contributed by atoms with van der Waals surface area (Å²) in [5, 5.41) is 27.1. The number of nitrogens with zero attached hydrogens (tertiary/aromatic N) is 2. The number of hydrogen-bond donors (Lipinski definition) is 5. The number of carboxylic acid groups (broad SMARTS) is 1. The second-order valence-electron chi connectivity index (χ2n) is 10.1. The molecule has 1 saturated heterocycles. The topological polar surface area (TPSA) is 170 Å². The largest absolute Gasteiger partial charge is 0.490 e. The number of piperidine rings is 1. The number of aliphatic carboxylic acids is 1. The van der Waals surface area contributed by atoms with Crippen LogP contribution in [0.5, 0.6) is 5.75 Å². The van der Waals surface area contributed by atoms with Crippen LogP contribution in [-0.2, 0) is 17.6 Å². The molecule has 1 unspecified atom stereocenters. The fourth-order valence-electron chi connectivity index (χ4n) is 5.41. The lowest BCUT2D eigenvalue weighted by atomic mass is 9.94. The van der Waals surface area contributed by atoms with Gasteiger partial charge in [0.15, 0.2) is 5.96 Å². The highest BCUT2D eigenvalue weighted by Gasteiger charge is 2.34. The lowest BCUT2D eigenvalue weighted by Gasteiger charge is -2.34. The molecule has 0 bridgehead atoms. The molecule has 1 amide bonds. The molecule has 5 rings (SSSR count). The summed E-state index contributed by atoms with van der Waals surface area (Å²) in [6, 6.07) is 15.5. The Kier molecular flexibility index (Phi) is 7.10. The van der Waals surface area contributed by atoms with Crippen molar-refractivity contribution in [2.75, 3.05) is 19.6 Å². The Balaban J connectivity index is 1.30. The number of nitrogen functional groups attached to an aromatic ring is 1. The van der Waals surface area contributed by atoms with Gasteiger partial charge in [-0.15, -0.1) is 0 Å². The van der Waals surface area contributed by atoms with E-state index in [1.807, 2.05) is 41.3 Å². The van der Waals surface area contributed by atoms with Crippen LogP contribution in [0.15, 0.2) is 54.6 Å². The van der Waals surface area contributed by atoms with Crippen LogP contribution >= 0.6 is 0 Å². The molecular weight excluding hydrogens is 496 g/mol. The van der Waals surface area contributed by atoms with E-state index in [-0.39, 0.29) is 30.2 Å². The van der Waals surface area contributed by atoms with Crippen molar-refractivity contribution in [1.82, 2.24) is 9.80 Å². The van der Waals surface area contributed by atoms with E-state index < -0.39 is 12.0 Å². The summed E-state index contributed by atoms with van der Waals surface area (Å²) in [7, 11) is 0. The molecule has 2 heterocycles. The maximum atomic E-state index is 13.4. The normalized spacial score (nSPS) is 16.6. The van der Waals surface area contributed by atoms with E-state index in [1.165, 1.54) is 4.90 Å². The van der Waals surface area contributed by atoms with Gasteiger partial charge in [-0.3, -0.25) is 15.6 Å². The quantitative estimate of drug-likeness (QED) is 0.232. The van der Waals surface area contributed by atoms with Gasteiger partial charge >= 0.3 is 5.97 Å². The maximum absolute atomic E-state index is 13.4. The van der Waals surface area contributed by atoms with Gasteiger partial charge in [-0.25, -0.2) is 4.79 Å². The SMILES string of the molecule is N=C(N)c1ccc2ccc(CC(C(=O)O)N3CCc4cc(OC5CCN(C(=N)N)CC5)ccc4C3=O)cc2c1. The Morgan fingerprint density at radius 3 is 2.44 bits per heavy atom. The number of carboxylic acids is 1. The molecule has 202 valence electrons. The van der Waals surface area contributed by atoms with Crippen molar-refractivity contribution in [1.29, 1.82) is 10.8 Å². The van der Waals surface area contributed by atoms with Crippen LogP contribution in [0, 0.1) is 10.8 Å². The molecule has 2 aliphatic rings. The zero-order valence-electron chi connectivity index (χ0n) is 21.5. The fraction of sp³-hybridized carbons (Fsp3) is 0.310. The zero-order chi connectivity index (χ0) is 27.7. The number of likely N-dealkylation sites (tertiary alicyclic amines) is 1. The van der Waals surface area contributed by atoms with Gasteiger partial charge in [0.05, 0.1) is 0 Å². The van der Waals surface area contributed by atoms with E-state index in [1.54, 1.807) is 18.2 Å². The highest BCUT2D eigenvalue weighted by Crippen LogP contribution is 2.28. The Hall–Kier alpha value is -4.60. The minimum Gasteiger partial charge on any atom is -0.490 e. The molecule has 1 fully saturated rings. The van der Waals surface area contributed by atoms with Gasteiger partial charge in [-0.05, 0) is 52.6 Å². The molecule has 0 aliphatic carbocycles. The van der Waals surface area contributed by atoms with Crippen molar-refractivity contribution in [2.45, 2.75) is 37.8 Å². The van der Waals surface area contributed by atoms with Crippen LogP contribution in [0.1, 0.15) is 39.9 Å². The van der Waals surface area contributed by atoms with Crippen molar-refractivity contribution < 1.29 is 19.4 Å². The van der Waals surface area contributed by atoms with Crippen LogP contribution in [-0.4, -0.2) is 70.4 Å². The molecule has 0 aromatic heterocycles.